The highest BCUT2D eigenvalue weighted by Gasteiger charge is 2.14. The second-order valence-electron chi connectivity index (χ2n) is 7.57. The summed E-state index contributed by atoms with van der Waals surface area (Å²) in [6.07, 6.45) is 4.57. The van der Waals surface area contributed by atoms with Crippen LogP contribution in [0.5, 0.6) is 0 Å². The number of unbranched alkanes of at least 4 members (excludes halogenated alkanes) is 1. The molecule has 164 valence electrons. The third-order valence-corrected chi connectivity index (χ3v) is 5.11. The highest BCUT2D eigenvalue weighted by molar-refractivity contribution is 5.90. The molecule has 0 saturated heterocycles. The van der Waals surface area contributed by atoms with E-state index >= 15 is 0 Å². The molecule has 0 unspecified atom stereocenters. The Morgan fingerprint density at radius 3 is 2.50 bits per heavy atom. The van der Waals surface area contributed by atoms with Gasteiger partial charge in [0, 0.05) is 5.69 Å². The topological polar surface area (TPSA) is 94.7 Å². The molecule has 0 atom stereocenters. The van der Waals surface area contributed by atoms with Crippen LogP contribution in [0.1, 0.15) is 30.9 Å². The summed E-state index contributed by atoms with van der Waals surface area (Å²) in [7, 11) is 0. The van der Waals surface area contributed by atoms with Crippen molar-refractivity contribution in [2.24, 2.45) is 0 Å². The van der Waals surface area contributed by atoms with Crippen molar-refractivity contribution in [1.29, 1.82) is 0 Å². The van der Waals surface area contributed by atoms with Crippen LogP contribution in [0.25, 0.3) is 11.2 Å². The largest absolute Gasteiger partial charge is 0.325 e. The van der Waals surface area contributed by atoms with Gasteiger partial charge in [-0.05, 0) is 48.2 Å². The van der Waals surface area contributed by atoms with Crippen LogP contribution in [0.4, 0.5) is 10.1 Å². The summed E-state index contributed by atoms with van der Waals surface area (Å²) in [5.41, 5.74) is 2.61. The lowest BCUT2D eigenvalue weighted by Crippen LogP contribution is -2.28. The molecule has 0 aliphatic heterocycles. The first kappa shape index (κ1) is 21.4. The van der Waals surface area contributed by atoms with E-state index < -0.39 is 5.56 Å². The van der Waals surface area contributed by atoms with E-state index in [1.165, 1.54) is 33.3 Å². The van der Waals surface area contributed by atoms with Crippen molar-refractivity contribution in [1.82, 2.24) is 24.5 Å². The molecule has 32 heavy (non-hydrogen) atoms. The van der Waals surface area contributed by atoms with Crippen molar-refractivity contribution in [2.75, 3.05) is 5.32 Å². The quantitative estimate of drug-likeness (QED) is 0.460. The summed E-state index contributed by atoms with van der Waals surface area (Å²) < 4.78 is 15.8. The Kier molecular flexibility index (Phi) is 6.34. The number of rotatable bonds is 8. The highest BCUT2D eigenvalue weighted by atomic mass is 19.1. The highest BCUT2D eigenvalue weighted by Crippen LogP contribution is 2.12. The van der Waals surface area contributed by atoms with Crippen molar-refractivity contribution < 1.29 is 9.18 Å². The molecule has 0 saturated carbocycles. The summed E-state index contributed by atoms with van der Waals surface area (Å²) in [6.45, 7) is 2.25. The van der Waals surface area contributed by atoms with Crippen LogP contribution in [0.3, 0.4) is 0 Å². The first-order chi connectivity index (χ1) is 15.5. The summed E-state index contributed by atoms with van der Waals surface area (Å²) in [6, 6.07) is 13.7. The molecule has 0 radical (unpaired) electrons. The van der Waals surface area contributed by atoms with Crippen molar-refractivity contribution in [2.45, 2.75) is 39.3 Å². The van der Waals surface area contributed by atoms with Gasteiger partial charge in [0.15, 0.2) is 11.2 Å². The van der Waals surface area contributed by atoms with Gasteiger partial charge in [-0.3, -0.25) is 14.2 Å². The van der Waals surface area contributed by atoms with Crippen LogP contribution in [0.2, 0.25) is 0 Å². The van der Waals surface area contributed by atoms with Crippen molar-refractivity contribution in [3.8, 4) is 0 Å². The van der Waals surface area contributed by atoms with Gasteiger partial charge in [-0.25, -0.2) is 14.1 Å². The van der Waals surface area contributed by atoms with Gasteiger partial charge < -0.3 is 5.32 Å². The van der Waals surface area contributed by atoms with Crippen LogP contribution in [0.15, 0.2) is 59.7 Å². The third-order valence-electron chi connectivity index (χ3n) is 5.11. The number of halogens is 1. The van der Waals surface area contributed by atoms with E-state index in [0.29, 0.717) is 17.9 Å². The number of nitrogens with zero attached hydrogens (tertiary/aromatic N) is 5. The Balaban J connectivity index is 1.45. The number of aromatic nitrogens is 5. The van der Waals surface area contributed by atoms with E-state index in [9.17, 15) is 14.0 Å². The summed E-state index contributed by atoms with van der Waals surface area (Å²) >= 11 is 0. The molecule has 2 aromatic carbocycles. The lowest BCUT2D eigenvalue weighted by Gasteiger charge is -2.08. The molecule has 2 heterocycles. The number of fused-ring (bicyclic) bond motifs is 1. The van der Waals surface area contributed by atoms with Crippen LogP contribution in [-0.2, 0) is 24.3 Å². The number of nitrogens with one attached hydrogen (secondary N) is 1. The molecule has 4 rings (SSSR count). The first-order valence-corrected chi connectivity index (χ1v) is 10.5. The molecule has 0 spiro atoms. The monoisotopic (exact) mass is 434 g/mol. The second-order valence-corrected chi connectivity index (χ2v) is 7.57. The Morgan fingerprint density at radius 1 is 1.06 bits per heavy atom. The first-order valence-electron chi connectivity index (χ1n) is 10.5. The van der Waals surface area contributed by atoms with Crippen LogP contribution < -0.4 is 10.9 Å². The average Bonchev–Trinajstić information content (AvgIpc) is 3.20. The maximum absolute atomic E-state index is 13.1. The van der Waals surface area contributed by atoms with E-state index in [-0.39, 0.29) is 23.8 Å². The van der Waals surface area contributed by atoms with Crippen LogP contribution in [-0.4, -0.2) is 30.5 Å². The Hall–Kier alpha value is -3.88. The maximum atomic E-state index is 13.1. The van der Waals surface area contributed by atoms with Gasteiger partial charge in [0.05, 0.1) is 6.54 Å². The molecular weight excluding hydrogens is 411 g/mol. The smallest absolute Gasteiger partial charge is 0.283 e. The molecule has 8 nitrogen and oxygen atoms in total. The molecular formula is C23H23FN6O2. The Bertz CT molecular complexity index is 1280. The summed E-state index contributed by atoms with van der Waals surface area (Å²) in [4.78, 5) is 29.4. The number of carbonyl (C=O) groups is 1. The van der Waals surface area contributed by atoms with Crippen molar-refractivity contribution in [3.05, 3.63) is 82.2 Å². The standard InChI is InChI=1S/C23H23FN6O2/c1-2-3-4-16-7-11-19(12-8-16)26-20(31)14-29-15-25-22-21(23(29)32)27-28-30(22)13-17-5-9-18(24)10-6-17/h5-12,15H,2-4,13-14H2,1H3,(H,26,31). The van der Waals surface area contributed by atoms with Gasteiger partial charge in [0.2, 0.25) is 5.91 Å². The second kappa shape index (κ2) is 9.51. The minimum absolute atomic E-state index is 0.0719. The molecule has 0 bridgehead atoms. The lowest BCUT2D eigenvalue weighted by atomic mass is 10.1. The number of benzene rings is 2. The van der Waals surface area contributed by atoms with Crippen LogP contribution in [0, 0.1) is 5.82 Å². The number of carbonyl (C=O) groups excluding carboxylic acids is 1. The fraction of sp³-hybridized carbons (Fsp3) is 0.261. The fourth-order valence-corrected chi connectivity index (χ4v) is 3.36. The third kappa shape index (κ3) is 4.88. The maximum Gasteiger partial charge on any atom is 0.283 e. The molecule has 1 amide bonds. The predicted molar refractivity (Wildman–Crippen MR) is 119 cm³/mol. The summed E-state index contributed by atoms with van der Waals surface area (Å²) in [5.74, 6) is -0.669. The number of aryl methyl sites for hydroxylation is 1. The van der Waals surface area contributed by atoms with Crippen molar-refractivity contribution in [3.63, 3.8) is 0 Å². The molecule has 0 fully saturated rings. The molecule has 1 N–H and O–H groups in total. The Morgan fingerprint density at radius 2 is 1.78 bits per heavy atom. The van der Waals surface area contributed by atoms with Crippen molar-refractivity contribution >= 4 is 22.8 Å². The predicted octanol–water partition coefficient (Wildman–Crippen LogP) is 3.16. The van der Waals surface area contributed by atoms with E-state index in [4.69, 9.17) is 0 Å². The van der Waals surface area contributed by atoms with Gasteiger partial charge in [0.1, 0.15) is 18.7 Å². The van der Waals surface area contributed by atoms with E-state index in [1.807, 2.05) is 24.3 Å². The van der Waals surface area contributed by atoms with Gasteiger partial charge in [-0.1, -0.05) is 42.8 Å². The number of hydrogen-bond donors (Lipinski definition) is 1. The van der Waals surface area contributed by atoms with E-state index in [1.54, 1.807) is 12.1 Å². The zero-order valence-corrected chi connectivity index (χ0v) is 17.7. The lowest BCUT2D eigenvalue weighted by molar-refractivity contribution is -0.116. The van der Waals surface area contributed by atoms with Gasteiger partial charge in [-0.2, -0.15) is 0 Å². The number of amides is 1. The molecule has 0 aliphatic carbocycles. The molecule has 2 aromatic heterocycles. The average molecular weight is 434 g/mol. The fourth-order valence-electron chi connectivity index (χ4n) is 3.36. The molecule has 0 aliphatic rings. The van der Waals surface area contributed by atoms with Gasteiger partial charge in [-0.15, -0.1) is 5.10 Å². The normalized spacial score (nSPS) is 11.1. The molecule has 9 heteroatoms. The number of hydrogen-bond acceptors (Lipinski definition) is 5. The Labute approximate surface area is 183 Å². The number of anilines is 1. The zero-order chi connectivity index (χ0) is 22.5. The minimum Gasteiger partial charge on any atom is -0.325 e. The van der Waals surface area contributed by atoms with E-state index in [2.05, 4.69) is 27.5 Å². The van der Waals surface area contributed by atoms with E-state index in [0.717, 1.165) is 24.8 Å². The summed E-state index contributed by atoms with van der Waals surface area (Å²) in [5, 5.41) is 10.7. The zero-order valence-electron chi connectivity index (χ0n) is 17.7. The minimum atomic E-state index is -0.453. The van der Waals surface area contributed by atoms with Crippen LogP contribution >= 0.6 is 0 Å². The van der Waals surface area contributed by atoms with Gasteiger partial charge in [0.25, 0.3) is 5.56 Å². The SMILES string of the molecule is CCCCc1ccc(NC(=O)Cn2cnc3c(nnn3Cc3ccc(F)cc3)c2=O)cc1. The van der Waals surface area contributed by atoms with Gasteiger partial charge >= 0.3 is 0 Å². The molecule has 4 aromatic rings.